The normalized spacial score (nSPS) is 27.9. The van der Waals surface area contributed by atoms with Gasteiger partial charge in [0.1, 0.15) is 0 Å². The predicted octanol–water partition coefficient (Wildman–Crippen LogP) is 2.31. The number of rotatable bonds is 2. The van der Waals surface area contributed by atoms with E-state index in [1.807, 2.05) is 24.3 Å². The minimum atomic E-state index is 0.0503. The summed E-state index contributed by atoms with van der Waals surface area (Å²) in [5.41, 5.74) is 6.71. The molecule has 21 heavy (non-hydrogen) atoms. The van der Waals surface area contributed by atoms with Gasteiger partial charge in [-0.05, 0) is 50.0 Å². The van der Waals surface area contributed by atoms with Gasteiger partial charge in [0.15, 0.2) is 0 Å². The fraction of sp³-hybridized carbons (Fsp3) is 0.438. The molecule has 1 aromatic heterocycles. The number of hydrogen-bond acceptors (Lipinski definition) is 4. The van der Waals surface area contributed by atoms with Crippen molar-refractivity contribution in [2.75, 3.05) is 25.4 Å². The minimum absolute atomic E-state index is 0.0503. The Hall–Kier alpha value is -1.59. The number of nitrogens with one attached hydrogen (secondary N) is 1. The molecule has 2 bridgehead atoms. The van der Waals surface area contributed by atoms with E-state index in [4.69, 9.17) is 5.73 Å². The van der Waals surface area contributed by atoms with Crippen LogP contribution in [0.4, 0.5) is 5.69 Å². The van der Waals surface area contributed by atoms with Gasteiger partial charge in [0, 0.05) is 28.4 Å². The number of anilines is 1. The Morgan fingerprint density at radius 1 is 1.33 bits per heavy atom. The molecule has 1 unspecified atom stereocenters. The van der Waals surface area contributed by atoms with Crippen molar-refractivity contribution >= 4 is 33.0 Å². The SMILES string of the molecule is Nc1cccc2sc(C(=O)NC3CN4CCC3CC4)cc12. The van der Waals surface area contributed by atoms with Crippen molar-refractivity contribution in [2.45, 2.75) is 18.9 Å². The molecule has 3 N–H and O–H groups in total. The first kappa shape index (κ1) is 13.1. The van der Waals surface area contributed by atoms with E-state index in [9.17, 15) is 4.79 Å². The summed E-state index contributed by atoms with van der Waals surface area (Å²) in [7, 11) is 0. The molecule has 3 aliphatic heterocycles. The van der Waals surface area contributed by atoms with Gasteiger partial charge in [-0.2, -0.15) is 0 Å². The Morgan fingerprint density at radius 3 is 2.81 bits per heavy atom. The van der Waals surface area contributed by atoms with Crippen LogP contribution in [0.2, 0.25) is 0 Å². The molecule has 4 heterocycles. The summed E-state index contributed by atoms with van der Waals surface area (Å²) in [6, 6.07) is 8.06. The molecule has 3 fully saturated rings. The molecule has 1 atom stereocenters. The molecule has 4 nitrogen and oxygen atoms in total. The molecule has 1 aromatic carbocycles. The quantitative estimate of drug-likeness (QED) is 0.837. The average Bonchev–Trinajstić information content (AvgIpc) is 2.94. The fourth-order valence-electron chi connectivity index (χ4n) is 3.56. The summed E-state index contributed by atoms with van der Waals surface area (Å²) in [4.78, 5) is 15.7. The van der Waals surface area contributed by atoms with E-state index in [-0.39, 0.29) is 5.91 Å². The molecule has 0 spiro atoms. The number of carbonyl (C=O) groups excluding carboxylic acids is 1. The average molecular weight is 301 g/mol. The third kappa shape index (κ3) is 2.30. The number of carbonyl (C=O) groups is 1. The standard InChI is InChI=1S/C16H19N3OS/c17-12-2-1-3-14-11(12)8-15(21-14)16(20)18-13-9-19-6-4-10(13)5-7-19/h1-3,8,10,13H,4-7,9,17H2,(H,18,20). The number of hydrogen-bond donors (Lipinski definition) is 2. The van der Waals surface area contributed by atoms with E-state index in [0.717, 1.165) is 27.2 Å². The van der Waals surface area contributed by atoms with Crippen molar-refractivity contribution in [3.63, 3.8) is 0 Å². The maximum atomic E-state index is 12.5. The number of thiophene rings is 1. The van der Waals surface area contributed by atoms with Crippen LogP contribution in [0.3, 0.4) is 0 Å². The molecule has 3 aliphatic rings. The lowest BCUT2D eigenvalue weighted by Gasteiger charge is -2.44. The van der Waals surface area contributed by atoms with Crippen molar-refractivity contribution in [1.82, 2.24) is 10.2 Å². The maximum Gasteiger partial charge on any atom is 0.261 e. The number of piperidine rings is 3. The van der Waals surface area contributed by atoms with Crippen LogP contribution in [0.15, 0.2) is 24.3 Å². The zero-order chi connectivity index (χ0) is 14.4. The molecule has 110 valence electrons. The number of nitrogens with zero attached hydrogens (tertiary/aromatic N) is 1. The lowest BCUT2D eigenvalue weighted by molar-refractivity contribution is 0.0622. The molecule has 2 aromatic rings. The smallest absolute Gasteiger partial charge is 0.261 e. The first-order valence-corrected chi connectivity index (χ1v) is 8.33. The van der Waals surface area contributed by atoms with Crippen LogP contribution in [0.25, 0.3) is 10.1 Å². The predicted molar refractivity (Wildman–Crippen MR) is 86.7 cm³/mol. The van der Waals surface area contributed by atoms with E-state index in [2.05, 4.69) is 10.2 Å². The van der Waals surface area contributed by atoms with Crippen molar-refractivity contribution in [1.29, 1.82) is 0 Å². The first-order chi connectivity index (χ1) is 10.2. The van der Waals surface area contributed by atoms with Gasteiger partial charge in [-0.1, -0.05) is 6.07 Å². The van der Waals surface area contributed by atoms with Gasteiger partial charge in [0.25, 0.3) is 5.91 Å². The third-order valence-corrected chi connectivity index (χ3v) is 5.89. The Labute approximate surface area is 127 Å². The zero-order valence-electron chi connectivity index (χ0n) is 11.8. The highest BCUT2D eigenvalue weighted by Gasteiger charge is 2.35. The van der Waals surface area contributed by atoms with Gasteiger partial charge in [-0.25, -0.2) is 0 Å². The van der Waals surface area contributed by atoms with Gasteiger partial charge in [0.05, 0.1) is 4.88 Å². The summed E-state index contributed by atoms with van der Waals surface area (Å²) in [5, 5.41) is 4.22. The summed E-state index contributed by atoms with van der Waals surface area (Å²) < 4.78 is 1.08. The first-order valence-electron chi connectivity index (χ1n) is 7.52. The monoisotopic (exact) mass is 301 g/mol. The molecular formula is C16H19N3OS. The van der Waals surface area contributed by atoms with Crippen molar-refractivity contribution in [2.24, 2.45) is 5.92 Å². The highest BCUT2D eigenvalue weighted by atomic mass is 32.1. The molecule has 0 aliphatic carbocycles. The number of fused-ring (bicyclic) bond motifs is 4. The van der Waals surface area contributed by atoms with Crippen LogP contribution >= 0.6 is 11.3 Å². The molecule has 0 saturated carbocycles. The molecular weight excluding hydrogens is 282 g/mol. The van der Waals surface area contributed by atoms with Gasteiger partial charge >= 0.3 is 0 Å². The highest BCUT2D eigenvalue weighted by Crippen LogP contribution is 2.31. The van der Waals surface area contributed by atoms with E-state index in [1.54, 1.807) is 0 Å². The highest BCUT2D eigenvalue weighted by molar-refractivity contribution is 7.20. The number of nitrogens with two attached hydrogens (primary N) is 1. The summed E-state index contributed by atoms with van der Waals surface area (Å²) in [5.74, 6) is 0.702. The second-order valence-electron chi connectivity index (χ2n) is 6.09. The number of benzene rings is 1. The second kappa shape index (κ2) is 5.00. The van der Waals surface area contributed by atoms with E-state index in [0.29, 0.717) is 12.0 Å². The van der Waals surface area contributed by atoms with Crippen LogP contribution in [0, 0.1) is 5.92 Å². The molecule has 1 amide bonds. The van der Waals surface area contributed by atoms with E-state index < -0.39 is 0 Å². The van der Waals surface area contributed by atoms with Gasteiger partial charge in [-0.3, -0.25) is 4.79 Å². The maximum absolute atomic E-state index is 12.5. The third-order valence-electron chi connectivity index (χ3n) is 4.79. The van der Waals surface area contributed by atoms with E-state index in [1.165, 1.54) is 37.3 Å². The second-order valence-corrected chi connectivity index (χ2v) is 7.17. The van der Waals surface area contributed by atoms with Gasteiger partial charge in [0.2, 0.25) is 0 Å². The Kier molecular flexibility index (Phi) is 3.12. The summed E-state index contributed by atoms with van der Waals surface area (Å²) >= 11 is 1.52. The zero-order valence-corrected chi connectivity index (χ0v) is 12.7. The Morgan fingerprint density at radius 2 is 2.14 bits per heavy atom. The molecule has 0 radical (unpaired) electrons. The van der Waals surface area contributed by atoms with Crippen LogP contribution in [0.5, 0.6) is 0 Å². The summed E-state index contributed by atoms with van der Waals surface area (Å²) in [6.07, 6.45) is 2.43. The topological polar surface area (TPSA) is 58.4 Å². The largest absolute Gasteiger partial charge is 0.398 e. The van der Waals surface area contributed by atoms with Gasteiger partial charge in [-0.15, -0.1) is 11.3 Å². The molecule has 5 rings (SSSR count). The van der Waals surface area contributed by atoms with Crippen molar-refractivity contribution in [3.8, 4) is 0 Å². The Balaban J connectivity index is 1.55. The fourth-order valence-corrected chi connectivity index (χ4v) is 4.56. The van der Waals surface area contributed by atoms with Crippen LogP contribution in [-0.2, 0) is 0 Å². The minimum Gasteiger partial charge on any atom is -0.398 e. The molecule has 5 heteroatoms. The molecule has 3 saturated heterocycles. The van der Waals surface area contributed by atoms with E-state index >= 15 is 0 Å². The lowest BCUT2D eigenvalue weighted by Crippen LogP contribution is -2.57. The number of nitrogen functional groups attached to an aromatic ring is 1. The Bertz CT molecular complexity index is 688. The van der Waals surface area contributed by atoms with Crippen LogP contribution in [0.1, 0.15) is 22.5 Å². The number of amides is 1. The van der Waals surface area contributed by atoms with Gasteiger partial charge < -0.3 is 16.0 Å². The van der Waals surface area contributed by atoms with Crippen molar-refractivity contribution in [3.05, 3.63) is 29.1 Å². The van der Waals surface area contributed by atoms with Crippen LogP contribution in [-0.4, -0.2) is 36.5 Å². The lowest BCUT2D eigenvalue weighted by atomic mass is 9.84. The van der Waals surface area contributed by atoms with Crippen molar-refractivity contribution < 1.29 is 4.79 Å². The summed E-state index contributed by atoms with van der Waals surface area (Å²) in [6.45, 7) is 3.39. The van der Waals surface area contributed by atoms with Crippen LogP contribution < -0.4 is 11.1 Å².